The highest BCUT2D eigenvalue weighted by Gasteiger charge is 2.18. The quantitative estimate of drug-likeness (QED) is 0.752. The van der Waals surface area contributed by atoms with E-state index in [0.29, 0.717) is 12.5 Å². The predicted molar refractivity (Wildman–Crippen MR) is 86.1 cm³/mol. The molecule has 20 heavy (non-hydrogen) atoms. The highest BCUT2D eigenvalue weighted by Crippen LogP contribution is 2.24. The average Bonchev–Trinajstić information content (AvgIpc) is 2.45. The van der Waals surface area contributed by atoms with Gasteiger partial charge in [0, 0.05) is 19.1 Å². The molecule has 1 aromatic rings. The third-order valence-corrected chi connectivity index (χ3v) is 3.39. The Morgan fingerprint density at radius 2 is 2.00 bits per heavy atom. The van der Waals surface area contributed by atoms with Gasteiger partial charge in [-0.25, -0.2) is 0 Å². The monoisotopic (exact) mass is 278 g/mol. The summed E-state index contributed by atoms with van der Waals surface area (Å²) in [6.45, 7) is 12.3. The second-order valence-electron chi connectivity index (χ2n) is 5.65. The number of benzene rings is 1. The van der Waals surface area contributed by atoms with Crippen LogP contribution in [0.2, 0.25) is 0 Å². The van der Waals surface area contributed by atoms with Crippen molar-refractivity contribution in [2.24, 2.45) is 11.7 Å². The molecule has 0 saturated heterocycles. The van der Waals surface area contributed by atoms with Gasteiger partial charge in [-0.1, -0.05) is 39.8 Å². The maximum atomic E-state index is 6.02. The minimum absolute atomic E-state index is 0.271. The van der Waals surface area contributed by atoms with Crippen LogP contribution in [0.5, 0.6) is 5.75 Å². The molecule has 0 aliphatic heterocycles. The molecule has 1 aromatic carbocycles. The maximum Gasteiger partial charge on any atom is 0.119 e. The summed E-state index contributed by atoms with van der Waals surface area (Å²) in [5.41, 5.74) is 7.28. The first-order valence-electron chi connectivity index (χ1n) is 7.79. The first-order chi connectivity index (χ1) is 9.62. The second kappa shape index (κ2) is 8.98. The van der Waals surface area contributed by atoms with Gasteiger partial charge in [-0.15, -0.1) is 0 Å². The summed E-state index contributed by atoms with van der Waals surface area (Å²) in [4.78, 5) is 2.45. The summed E-state index contributed by atoms with van der Waals surface area (Å²) in [6.07, 6.45) is 1.03. The van der Waals surface area contributed by atoms with Gasteiger partial charge in [0.1, 0.15) is 5.75 Å². The van der Waals surface area contributed by atoms with E-state index >= 15 is 0 Å². The topological polar surface area (TPSA) is 38.5 Å². The molecule has 0 heterocycles. The highest BCUT2D eigenvalue weighted by molar-refractivity contribution is 5.31. The molecule has 0 radical (unpaired) electrons. The van der Waals surface area contributed by atoms with Crippen molar-refractivity contribution >= 4 is 0 Å². The molecule has 3 heteroatoms. The SMILES string of the molecule is CCCOc1cccc(C(CN)N(CC)CC(C)C)c1. The van der Waals surface area contributed by atoms with Crippen LogP contribution in [-0.2, 0) is 0 Å². The zero-order valence-electron chi connectivity index (χ0n) is 13.4. The molecule has 114 valence electrons. The lowest BCUT2D eigenvalue weighted by atomic mass is 10.0. The largest absolute Gasteiger partial charge is 0.494 e. The normalized spacial score (nSPS) is 12.9. The summed E-state index contributed by atoms with van der Waals surface area (Å²) in [7, 11) is 0. The summed E-state index contributed by atoms with van der Waals surface area (Å²) in [6, 6.07) is 8.64. The van der Waals surface area contributed by atoms with E-state index in [1.54, 1.807) is 0 Å². The van der Waals surface area contributed by atoms with Gasteiger partial charge in [0.05, 0.1) is 6.61 Å². The number of nitrogens with zero attached hydrogens (tertiary/aromatic N) is 1. The number of hydrogen-bond acceptors (Lipinski definition) is 3. The Morgan fingerprint density at radius 3 is 2.55 bits per heavy atom. The molecule has 1 unspecified atom stereocenters. The van der Waals surface area contributed by atoms with Crippen molar-refractivity contribution in [1.29, 1.82) is 0 Å². The molecule has 0 fully saturated rings. The van der Waals surface area contributed by atoms with Crippen LogP contribution in [0.4, 0.5) is 0 Å². The van der Waals surface area contributed by atoms with Gasteiger partial charge in [0.15, 0.2) is 0 Å². The standard InChI is InChI=1S/C17H30N2O/c1-5-10-20-16-9-7-8-15(11-16)17(12-18)19(6-2)13-14(3)4/h7-9,11,14,17H,5-6,10,12-13,18H2,1-4H3. The maximum absolute atomic E-state index is 6.02. The second-order valence-corrected chi connectivity index (χ2v) is 5.65. The van der Waals surface area contributed by atoms with Crippen LogP contribution in [0.1, 0.15) is 45.7 Å². The van der Waals surface area contributed by atoms with E-state index in [1.165, 1.54) is 5.56 Å². The molecule has 0 bridgehead atoms. The van der Waals surface area contributed by atoms with Crippen LogP contribution >= 0.6 is 0 Å². The van der Waals surface area contributed by atoms with E-state index in [0.717, 1.165) is 31.9 Å². The molecular formula is C17H30N2O. The van der Waals surface area contributed by atoms with Crippen LogP contribution in [0.25, 0.3) is 0 Å². The average molecular weight is 278 g/mol. The van der Waals surface area contributed by atoms with Crippen molar-refractivity contribution in [3.05, 3.63) is 29.8 Å². The van der Waals surface area contributed by atoms with Gasteiger partial charge < -0.3 is 10.5 Å². The lowest BCUT2D eigenvalue weighted by Crippen LogP contribution is -2.36. The summed E-state index contributed by atoms with van der Waals surface area (Å²) in [5, 5.41) is 0. The molecule has 0 amide bonds. The number of rotatable bonds is 9. The zero-order chi connectivity index (χ0) is 15.0. The highest BCUT2D eigenvalue weighted by atomic mass is 16.5. The predicted octanol–water partition coefficient (Wildman–Crippen LogP) is 3.45. The lowest BCUT2D eigenvalue weighted by Gasteiger charge is -2.31. The molecule has 2 N–H and O–H groups in total. The van der Waals surface area contributed by atoms with Crippen LogP contribution in [0.3, 0.4) is 0 Å². The Hall–Kier alpha value is -1.06. The number of hydrogen-bond donors (Lipinski definition) is 1. The smallest absolute Gasteiger partial charge is 0.119 e. The lowest BCUT2D eigenvalue weighted by molar-refractivity contribution is 0.189. The van der Waals surface area contributed by atoms with Gasteiger partial charge >= 0.3 is 0 Å². The Kier molecular flexibility index (Phi) is 7.63. The zero-order valence-corrected chi connectivity index (χ0v) is 13.4. The number of likely N-dealkylation sites (N-methyl/N-ethyl adjacent to an activating group) is 1. The van der Waals surface area contributed by atoms with Crippen LogP contribution < -0.4 is 10.5 Å². The van der Waals surface area contributed by atoms with E-state index in [9.17, 15) is 0 Å². The molecule has 3 nitrogen and oxygen atoms in total. The van der Waals surface area contributed by atoms with E-state index < -0.39 is 0 Å². The van der Waals surface area contributed by atoms with Gasteiger partial charge in [0.25, 0.3) is 0 Å². The molecular weight excluding hydrogens is 248 g/mol. The fraction of sp³-hybridized carbons (Fsp3) is 0.647. The molecule has 0 aliphatic rings. The molecule has 0 aliphatic carbocycles. The van der Waals surface area contributed by atoms with E-state index in [4.69, 9.17) is 10.5 Å². The Labute approximate surface area is 124 Å². The van der Waals surface area contributed by atoms with Crippen molar-refractivity contribution in [3.8, 4) is 5.75 Å². The minimum atomic E-state index is 0.271. The summed E-state index contributed by atoms with van der Waals surface area (Å²) < 4.78 is 5.73. The fourth-order valence-corrected chi connectivity index (χ4v) is 2.47. The van der Waals surface area contributed by atoms with Crippen molar-refractivity contribution in [1.82, 2.24) is 4.90 Å². The summed E-state index contributed by atoms with van der Waals surface area (Å²) >= 11 is 0. The fourth-order valence-electron chi connectivity index (χ4n) is 2.47. The van der Waals surface area contributed by atoms with Crippen molar-refractivity contribution in [2.45, 2.75) is 40.2 Å². The Morgan fingerprint density at radius 1 is 1.25 bits per heavy atom. The van der Waals surface area contributed by atoms with Crippen LogP contribution in [-0.4, -0.2) is 31.1 Å². The third kappa shape index (κ3) is 5.14. The van der Waals surface area contributed by atoms with Gasteiger partial charge in [-0.2, -0.15) is 0 Å². The van der Waals surface area contributed by atoms with Gasteiger partial charge in [-0.05, 0) is 36.6 Å². The molecule has 1 atom stereocenters. The third-order valence-electron chi connectivity index (χ3n) is 3.39. The first kappa shape index (κ1) is 17.0. The Bertz CT molecular complexity index is 379. The van der Waals surface area contributed by atoms with E-state index in [-0.39, 0.29) is 6.04 Å². The van der Waals surface area contributed by atoms with E-state index in [2.05, 4.69) is 50.8 Å². The number of ether oxygens (including phenoxy) is 1. The van der Waals surface area contributed by atoms with Gasteiger partial charge in [-0.3, -0.25) is 4.90 Å². The van der Waals surface area contributed by atoms with Crippen molar-refractivity contribution < 1.29 is 4.74 Å². The van der Waals surface area contributed by atoms with Crippen LogP contribution in [0.15, 0.2) is 24.3 Å². The molecule has 0 saturated carbocycles. The van der Waals surface area contributed by atoms with Crippen molar-refractivity contribution in [3.63, 3.8) is 0 Å². The van der Waals surface area contributed by atoms with Crippen molar-refractivity contribution in [2.75, 3.05) is 26.2 Å². The molecule has 0 aromatic heterocycles. The first-order valence-corrected chi connectivity index (χ1v) is 7.79. The van der Waals surface area contributed by atoms with E-state index in [1.807, 2.05) is 6.07 Å². The van der Waals surface area contributed by atoms with Crippen LogP contribution in [0, 0.1) is 5.92 Å². The van der Waals surface area contributed by atoms with Gasteiger partial charge in [0.2, 0.25) is 0 Å². The molecule has 0 spiro atoms. The molecule has 1 rings (SSSR count). The number of nitrogens with two attached hydrogens (primary N) is 1. The summed E-state index contributed by atoms with van der Waals surface area (Å²) in [5.74, 6) is 1.59. The Balaban J connectivity index is 2.87. The minimum Gasteiger partial charge on any atom is -0.494 e.